The highest BCUT2D eigenvalue weighted by atomic mass is 16.7. The lowest BCUT2D eigenvalue weighted by molar-refractivity contribution is -0.123. The molecule has 0 aromatic heterocycles. The molecule has 9 nitrogen and oxygen atoms in total. The predicted molar refractivity (Wildman–Crippen MR) is 120 cm³/mol. The first kappa shape index (κ1) is 28.5. The van der Waals surface area contributed by atoms with Crippen LogP contribution in [-0.4, -0.2) is 55.1 Å². The predicted octanol–water partition coefficient (Wildman–Crippen LogP) is 4.47. The van der Waals surface area contributed by atoms with Crippen LogP contribution < -0.4 is 0 Å². The van der Waals surface area contributed by atoms with E-state index in [1.54, 1.807) is 48.5 Å². The summed E-state index contributed by atoms with van der Waals surface area (Å²) < 4.78 is 32.1. The maximum atomic E-state index is 12.8. The standard InChI is InChI=1S/C24H36O9/c1-13(2)28-16(7)31-22(25)19-10-11-20(23(26)32-17(8)29-14(3)4)21(12-19)24(27)33-18(9)30-15(5)6/h10-18H,1-9H3. The summed E-state index contributed by atoms with van der Waals surface area (Å²) in [5.74, 6) is -2.38. The Labute approximate surface area is 195 Å². The van der Waals surface area contributed by atoms with Gasteiger partial charge in [-0.2, -0.15) is 0 Å². The van der Waals surface area contributed by atoms with E-state index in [2.05, 4.69) is 0 Å². The second-order valence-electron chi connectivity index (χ2n) is 8.23. The van der Waals surface area contributed by atoms with Gasteiger partial charge in [-0.15, -0.1) is 0 Å². The SMILES string of the molecule is CC(C)OC(C)OC(=O)c1ccc(C(=O)OC(C)OC(C)C)c(C(=O)OC(C)OC(C)C)c1. The molecule has 0 saturated heterocycles. The number of benzene rings is 1. The average Bonchev–Trinajstić information content (AvgIpc) is 2.65. The van der Waals surface area contributed by atoms with Crippen LogP contribution in [0, 0.1) is 0 Å². The van der Waals surface area contributed by atoms with Crippen molar-refractivity contribution < 1.29 is 42.8 Å². The Kier molecular flexibility index (Phi) is 11.5. The normalized spacial score (nSPS) is 14.2. The smallest absolute Gasteiger partial charge is 0.341 e. The van der Waals surface area contributed by atoms with Crippen LogP contribution in [0.25, 0.3) is 0 Å². The van der Waals surface area contributed by atoms with E-state index in [1.165, 1.54) is 18.2 Å². The number of esters is 3. The quantitative estimate of drug-likeness (QED) is 0.249. The zero-order valence-electron chi connectivity index (χ0n) is 20.9. The zero-order valence-corrected chi connectivity index (χ0v) is 20.9. The topological polar surface area (TPSA) is 107 Å². The van der Waals surface area contributed by atoms with Gasteiger partial charge in [0.1, 0.15) is 0 Å². The van der Waals surface area contributed by atoms with Gasteiger partial charge >= 0.3 is 17.9 Å². The maximum Gasteiger partial charge on any atom is 0.341 e. The van der Waals surface area contributed by atoms with Gasteiger partial charge in [-0.25, -0.2) is 14.4 Å². The van der Waals surface area contributed by atoms with Crippen LogP contribution in [0.1, 0.15) is 93.4 Å². The van der Waals surface area contributed by atoms with Gasteiger partial charge in [-0.1, -0.05) is 0 Å². The van der Waals surface area contributed by atoms with Gasteiger partial charge in [-0.05, 0) is 80.5 Å². The molecule has 1 rings (SSSR count). The van der Waals surface area contributed by atoms with Crippen LogP contribution >= 0.6 is 0 Å². The lowest BCUT2D eigenvalue weighted by Gasteiger charge is -2.20. The Bertz CT molecular complexity index is 801. The van der Waals surface area contributed by atoms with Crippen LogP contribution in [0.15, 0.2) is 18.2 Å². The van der Waals surface area contributed by atoms with Crippen molar-refractivity contribution in [2.45, 2.75) is 99.5 Å². The molecule has 3 atom stereocenters. The Morgan fingerprint density at radius 2 is 0.909 bits per heavy atom. The zero-order chi connectivity index (χ0) is 25.3. The van der Waals surface area contributed by atoms with Gasteiger partial charge in [0.2, 0.25) is 18.9 Å². The summed E-state index contributed by atoms with van der Waals surface area (Å²) in [7, 11) is 0. The number of hydrogen-bond acceptors (Lipinski definition) is 9. The van der Waals surface area contributed by atoms with Crippen molar-refractivity contribution >= 4 is 17.9 Å². The molecule has 0 N–H and O–H groups in total. The summed E-state index contributed by atoms with van der Waals surface area (Å²) in [4.78, 5) is 38.1. The molecule has 0 aliphatic heterocycles. The van der Waals surface area contributed by atoms with Gasteiger partial charge in [0.05, 0.1) is 35.0 Å². The molecule has 1 aromatic carbocycles. The molecule has 9 heteroatoms. The van der Waals surface area contributed by atoms with Crippen LogP contribution in [-0.2, 0) is 28.4 Å². The first-order valence-electron chi connectivity index (χ1n) is 11.0. The fourth-order valence-electron chi connectivity index (χ4n) is 2.90. The Balaban J connectivity index is 3.20. The fraction of sp³-hybridized carbons (Fsp3) is 0.625. The van der Waals surface area contributed by atoms with Gasteiger partial charge < -0.3 is 28.4 Å². The largest absolute Gasteiger partial charge is 0.432 e. The number of carbonyl (C=O) groups excluding carboxylic acids is 3. The molecule has 33 heavy (non-hydrogen) atoms. The van der Waals surface area contributed by atoms with E-state index in [9.17, 15) is 14.4 Å². The molecule has 186 valence electrons. The van der Waals surface area contributed by atoms with Crippen LogP contribution in [0.2, 0.25) is 0 Å². The second kappa shape index (κ2) is 13.3. The van der Waals surface area contributed by atoms with Crippen molar-refractivity contribution in [3.8, 4) is 0 Å². The van der Waals surface area contributed by atoms with Crippen molar-refractivity contribution in [1.29, 1.82) is 0 Å². The number of rotatable bonds is 12. The lowest BCUT2D eigenvalue weighted by Crippen LogP contribution is -2.26. The molecule has 3 unspecified atom stereocenters. The fourth-order valence-corrected chi connectivity index (χ4v) is 2.90. The lowest BCUT2D eigenvalue weighted by atomic mass is 10.0. The van der Waals surface area contributed by atoms with Crippen molar-refractivity contribution in [3.63, 3.8) is 0 Å². The molecule has 0 spiro atoms. The van der Waals surface area contributed by atoms with Crippen LogP contribution in [0.4, 0.5) is 0 Å². The van der Waals surface area contributed by atoms with Crippen LogP contribution in [0.3, 0.4) is 0 Å². The van der Waals surface area contributed by atoms with E-state index in [1.807, 2.05) is 13.8 Å². The minimum atomic E-state index is -0.875. The van der Waals surface area contributed by atoms with E-state index in [0.717, 1.165) is 0 Å². The molecule has 0 aliphatic rings. The molecule has 1 aromatic rings. The Morgan fingerprint density at radius 1 is 0.545 bits per heavy atom. The Morgan fingerprint density at radius 3 is 1.30 bits per heavy atom. The summed E-state index contributed by atoms with van der Waals surface area (Å²) in [5, 5.41) is 0. The highest BCUT2D eigenvalue weighted by Gasteiger charge is 2.26. The first-order valence-corrected chi connectivity index (χ1v) is 11.0. The molecule has 0 fully saturated rings. The maximum absolute atomic E-state index is 12.8. The van der Waals surface area contributed by atoms with Crippen LogP contribution in [0.5, 0.6) is 0 Å². The third kappa shape index (κ3) is 10.3. The summed E-state index contributed by atoms with van der Waals surface area (Å²) in [6.45, 7) is 15.5. The minimum Gasteiger partial charge on any atom is -0.432 e. The highest BCUT2D eigenvalue weighted by Crippen LogP contribution is 2.19. The minimum absolute atomic E-state index is 0.0432. The summed E-state index contributed by atoms with van der Waals surface area (Å²) >= 11 is 0. The van der Waals surface area contributed by atoms with E-state index in [0.29, 0.717) is 0 Å². The number of ether oxygens (including phenoxy) is 6. The first-order chi connectivity index (χ1) is 15.3. The molecule has 0 saturated carbocycles. The number of carbonyl (C=O) groups is 3. The molecule has 0 radical (unpaired) electrons. The Hall–Kier alpha value is -2.49. The average molecular weight is 469 g/mol. The summed E-state index contributed by atoms with van der Waals surface area (Å²) in [6.07, 6.45) is -3.02. The van der Waals surface area contributed by atoms with E-state index in [-0.39, 0.29) is 35.0 Å². The number of hydrogen-bond donors (Lipinski definition) is 0. The van der Waals surface area contributed by atoms with Crippen molar-refractivity contribution in [1.82, 2.24) is 0 Å². The van der Waals surface area contributed by atoms with Crippen molar-refractivity contribution in [2.75, 3.05) is 0 Å². The molecular weight excluding hydrogens is 432 g/mol. The molecule has 0 bridgehead atoms. The molecule has 0 aliphatic carbocycles. The van der Waals surface area contributed by atoms with E-state index >= 15 is 0 Å². The summed E-state index contributed by atoms with van der Waals surface area (Å²) in [5.41, 5.74) is -0.205. The molecule has 0 heterocycles. The second-order valence-corrected chi connectivity index (χ2v) is 8.23. The van der Waals surface area contributed by atoms with Gasteiger partial charge in [-0.3, -0.25) is 0 Å². The van der Waals surface area contributed by atoms with Crippen molar-refractivity contribution in [2.24, 2.45) is 0 Å². The monoisotopic (exact) mass is 468 g/mol. The van der Waals surface area contributed by atoms with Gasteiger partial charge in [0.15, 0.2) is 0 Å². The van der Waals surface area contributed by atoms with E-state index < -0.39 is 36.8 Å². The van der Waals surface area contributed by atoms with Gasteiger partial charge in [0, 0.05) is 0 Å². The summed E-state index contributed by atoms with van der Waals surface area (Å²) in [6, 6.07) is 3.89. The molecular formula is C24H36O9. The molecule has 0 amide bonds. The van der Waals surface area contributed by atoms with Gasteiger partial charge in [0.25, 0.3) is 0 Å². The van der Waals surface area contributed by atoms with E-state index in [4.69, 9.17) is 28.4 Å². The highest BCUT2D eigenvalue weighted by molar-refractivity contribution is 6.05. The third-order valence-electron chi connectivity index (χ3n) is 3.91. The third-order valence-corrected chi connectivity index (χ3v) is 3.91. The van der Waals surface area contributed by atoms with Crippen molar-refractivity contribution in [3.05, 3.63) is 34.9 Å².